The van der Waals surface area contributed by atoms with Crippen LogP contribution in [0, 0.1) is 0 Å². The van der Waals surface area contributed by atoms with Crippen LogP contribution in [0.5, 0.6) is 0 Å². The smallest absolute Gasteiger partial charge is 0.259 e. The number of rotatable bonds is 6. The number of hydrogen-bond acceptors (Lipinski definition) is 4. The molecule has 1 aromatic heterocycles. The Hall–Kier alpha value is -3.67. The largest absolute Gasteiger partial charge is 0.465 e. The Labute approximate surface area is 170 Å². The topological polar surface area (TPSA) is 83.7 Å². The lowest BCUT2D eigenvalue weighted by molar-refractivity contribution is -0.123. The van der Waals surface area contributed by atoms with Gasteiger partial charge in [0.1, 0.15) is 5.76 Å². The van der Waals surface area contributed by atoms with Crippen molar-refractivity contribution in [3.8, 4) is 0 Å². The molecule has 1 heterocycles. The summed E-state index contributed by atoms with van der Waals surface area (Å²) in [4.78, 5) is 23.5. The summed E-state index contributed by atoms with van der Waals surface area (Å²) in [5, 5.41) is 8.83. The molecule has 0 atom stereocenters. The average molecular weight is 391 g/mol. The van der Waals surface area contributed by atoms with E-state index in [-0.39, 0.29) is 6.54 Å². The monoisotopic (exact) mass is 391 g/mol. The summed E-state index contributed by atoms with van der Waals surface area (Å²) < 4.78 is 5.08. The first-order valence-electron chi connectivity index (χ1n) is 9.43. The molecule has 0 saturated heterocycles. The highest BCUT2D eigenvalue weighted by Gasteiger charge is 2.04. The molecule has 0 radical (unpaired) electrons. The Bertz CT molecular complexity index is 1010. The van der Waals surface area contributed by atoms with Crippen molar-refractivity contribution in [2.24, 2.45) is 5.10 Å². The fourth-order valence-corrected chi connectivity index (χ4v) is 2.43. The lowest BCUT2D eigenvalue weighted by Gasteiger charge is -2.05. The number of benzene rings is 2. The highest BCUT2D eigenvalue weighted by molar-refractivity contribution is 6.02. The van der Waals surface area contributed by atoms with Gasteiger partial charge in [-0.15, -0.1) is 0 Å². The lowest BCUT2D eigenvalue weighted by Crippen LogP contribution is -2.34. The van der Waals surface area contributed by atoms with Crippen LogP contribution in [0.25, 0.3) is 16.8 Å². The zero-order valence-corrected chi connectivity index (χ0v) is 16.8. The second-order valence-corrected chi connectivity index (χ2v) is 5.86. The highest BCUT2D eigenvalue weighted by atomic mass is 16.3. The number of carbonyl (C=O) groups excluding carboxylic acids is 2. The molecule has 3 aromatic rings. The van der Waals surface area contributed by atoms with Gasteiger partial charge in [0, 0.05) is 6.08 Å². The van der Waals surface area contributed by atoms with Crippen LogP contribution in [0.3, 0.4) is 0 Å². The molecular weight excluding hydrogens is 366 g/mol. The first-order valence-corrected chi connectivity index (χ1v) is 9.43. The van der Waals surface area contributed by atoms with Crippen molar-refractivity contribution >= 4 is 34.4 Å². The summed E-state index contributed by atoms with van der Waals surface area (Å²) >= 11 is 0. The van der Waals surface area contributed by atoms with Crippen molar-refractivity contribution in [2.75, 3.05) is 6.54 Å². The van der Waals surface area contributed by atoms with E-state index in [1.165, 1.54) is 18.4 Å². The minimum atomic E-state index is -0.408. The third-order valence-electron chi connectivity index (χ3n) is 3.88. The molecule has 2 amide bonds. The van der Waals surface area contributed by atoms with E-state index >= 15 is 0 Å². The molecule has 6 nitrogen and oxygen atoms in total. The zero-order chi connectivity index (χ0) is 21.1. The zero-order valence-electron chi connectivity index (χ0n) is 16.8. The van der Waals surface area contributed by atoms with Crippen molar-refractivity contribution in [1.29, 1.82) is 0 Å². The van der Waals surface area contributed by atoms with Gasteiger partial charge in [0.2, 0.25) is 5.91 Å². The van der Waals surface area contributed by atoms with Gasteiger partial charge in [-0.2, -0.15) is 5.10 Å². The average Bonchev–Trinajstić information content (AvgIpc) is 3.29. The molecule has 2 aromatic carbocycles. The molecular formula is C23H25N3O3. The summed E-state index contributed by atoms with van der Waals surface area (Å²) in [6.07, 6.45) is 4.34. The Morgan fingerprint density at radius 2 is 1.79 bits per heavy atom. The predicted molar refractivity (Wildman–Crippen MR) is 116 cm³/mol. The predicted octanol–water partition coefficient (Wildman–Crippen LogP) is 4.13. The molecule has 0 spiro atoms. The molecule has 0 aliphatic heterocycles. The van der Waals surface area contributed by atoms with E-state index in [0.29, 0.717) is 11.5 Å². The Morgan fingerprint density at radius 1 is 1.03 bits per heavy atom. The van der Waals surface area contributed by atoms with E-state index in [1.807, 2.05) is 63.2 Å². The lowest BCUT2D eigenvalue weighted by atomic mass is 10.0. The van der Waals surface area contributed by atoms with Crippen molar-refractivity contribution in [2.45, 2.75) is 20.8 Å². The van der Waals surface area contributed by atoms with Gasteiger partial charge >= 0.3 is 0 Å². The summed E-state index contributed by atoms with van der Waals surface area (Å²) in [5.41, 5.74) is 4.04. The van der Waals surface area contributed by atoms with Gasteiger partial charge in [-0.25, -0.2) is 5.43 Å². The van der Waals surface area contributed by atoms with Gasteiger partial charge in [0.05, 0.1) is 18.5 Å². The maximum atomic E-state index is 11.9. The van der Waals surface area contributed by atoms with Gasteiger partial charge in [0.15, 0.2) is 0 Å². The van der Waals surface area contributed by atoms with Gasteiger partial charge < -0.3 is 9.73 Å². The van der Waals surface area contributed by atoms with E-state index in [0.717, 1.165) is 16.3 Å². The van der Waals surface area contributed by atoms with Crippen molar-refractivity contribution < 1.29 is 14.0 Å². The standard InChI is InChI=1S/C21H19N3O3.C2H6/c1-15(17-9-8-16-5-2-3-6-18(16)13-17)23-24-21(26)14-22-20(25)11-10-19-7-4-12-27-19;1-2/h2-13H,14H2,1H3,(H,22,25)(H,24,26);1-2H3/b11-10+,23-15+;. The van der Waals surface area contributed by atoms with E-state index in [9.17, 15) is 9.59 Å². The molecule has 29 heavy (non-hydrogen) atoms. The molecule has 6 heteroatoms. The fraction of sp³-hybridized carbons (Fsp3) is 0.174. The molecule has 0 aliphatic carbocycles. The number of furan rings is 1. The number of hydrogen-bond donors (Lipinski definition) is 2. The van der Waals surface area contributed by atoms with Gasteiger partial charge in [0.25, 0.3) is 5.91 Å². The van der Waals surface area contributed by atoms with Gasteiger partial charge in [-0.1, -0.05) is 50.2 Å². The van der Waals surface area contributed by atoms with Crippen LogP contribution in [-0.4, -0.2) is 24.1 Å². The number of carbonyl (C=O) groups is 2. The summed E-state index contributed by atoms with van der Waals surface area (Å²) in [6.45, 7) is 5.64. The van der Waals surface area contributed by atoms with E-state index < -0.39 is 11.8 Å². The van der Waals surface area contributed by atoms with Gasteiger partial charge in [-0.05, 0) is 47.5 Å². The van der Waals surface area contributed by atoms with Crippen LogP contribution in [0.2, 0.25) is 0 Å². The van der Waals surface area contributed by atoms with Crippen molar-refractivity contribution in [3.05, 3.63) is 78.3 Å². The van der Waals surface area contributed by atoms with Crippen LogP contribution in [-0.2, 0) is 9.59 Å². The summed E-state index contributed by atoms with van der Waals surface area (Å²) in [6, 6.07) is 17.5. The van der Waals surface area contributed by atoms with Crippen LogP contribution < -0.4 is 10.7 Å². The number of amides is 2. The minimum absolute atomic E-state index is 0.171. The number of hydrazone groups is 1. The second-order valence-electron chi connectivity index (χ2n) is 5.86. The minimum Gasteiger partial charge on any atom is -0.465 e. The second kappa shape index (κ2) is 11.2. The molecule has 0 fully saturated rings. The molecule has 0 aliphatic rings. The normalized spacial score (nSPS) is 11.1. The highest BCUT2D eigenvalue weighted by Crippen LogP contribution is 2.16. The first kappa shape index (κ1) is 21.6. The van der Waals surface area contributed by atoms with E-state index in [1.54, 1.807) is 12.1 Å². The number of nitrogens with zero attached hydrogens (tertiary/aromatic N) is 1. The molecule has 0 saturated carbocycles. The SMILES string of the molecule is C/C(=N\NC(=O)CNC(=O)/C=C/c1ccco1)c1ccc2ccccc2c1.CC. The molecule has 3 rings (SSSR count). The Balaban J connectivity index is 0.00000145. The maximum Gasteiger partial charge on any atom is 0.259 e. The third-order valence-corrected chi connectivity index (χ3v) is 3.88. The molecule has 0 bridgehead atoms. The van der Waals surface area contributed by atoms with E-state index in [4.69, 9.17) is 4.42 Å². The van der Waals surface area contributed by atoms with Crippen molar-refractivity contribution in [1.82, 2.24) is 10.7 Å². The van der Waals surface area contributed by atoms with E-state index in [2.05, 4.69) is 15.8 Å². The molecule has 2 N–H and O–H groups in total. The molecule has 150 valence electrons. The van der Waals surface area contributed by atoms with Crippen LogP contribution in [0.1, 0.15) is 32.1 Å². The summed E-state index contributed by atoms with van der Waals surface area (Å²) in [5.74, 6) is -0.239. The third kappa shape index (κ3) is 6.77. The first-order chi connectivity index (χ1) is 14.1. The summed E-state index contributed by atoms with van der Waals surface area (Å²) in [7, 11) is 0. The maximum absolute atomic E-state index is 11.9. The van der Waals surface area contributed by atoms with Crippen LogP contribution >= 0.6 is 0 Å². The number of fused-ring (bicyclic) bond motifs is 1. The molecule has 0 unspecified atom stereocenters. The van der Waals surface area contributed by atoms with Crippen LogP contribution in [0.15, 0.2) is 76.5 Å². The van der Waals surface area contributed by atoms with Gasteiger partial charge in [-0.3, -0.25) is 9.59 Å². The number of nitrogens with one attached hydrogen (secondary N) is 2. The Morgan fingerprint density at radius 3 is 2.52 bits per heavy atom. The fourth-order valence-electron chi connectivity index (χ4n) is 2.43. The Kier molecular flexibility index (Phi) is 8.38. The quantitative estimate of drug-likeness (QED) is 0.376. The van der Waals surface area contributed by atoms with Crippen molar-refractivity contribution in [3.63, 3.8) is 0 Å². The van der Waals surface area contributed by atoms with Crippen LogP contribution in [0.4, 0.5) is 0 Å².